The van der Waals surface area contributed by atoms with E-state index < -0.39 is 5.60 Å². The second-order valence-corrected chi connectivity index (χ2v) is 3.76. The maximum atomic E-state index is 11.1. The van der Waals surface area contributed by atoms with Crippen molar-refractivity contribution in [2.45, 2.75) is 32.3 Å². The average molecular weight is 197 g/mol. The predicted molar refractivity (Wildman–Crippen MR) is 51.4 cm³/mol. The zero-order chi connectivity index (χ0) is 10.8. The molecule has 0 aromatic rings. The Morgan fingerprint density at radius 3 is 2.29 bits per heavy atom. The van der Waals surface area contributed by atoms with E-state index in [0.717, 1.165) is 4.90 Å². The maximum absolute atomic E-state index is 11.1. The second-order valence-electron chi connectivity index (χ2n) is 3.76. The van der Waals surface area contributed by atoms with Gasteiger partial charge in [-0.3, -0.25) is 14.5 Å². The molecule has 1 atom stereocenters. The van der Waals surface area contributed by atoms with Gasteiger partial charge in [-0.1, -0.05) is 6.92 Å². The first-order valence-corrected chi connectivity index (χ1v) is 4.72. The molecule has 1 aliphatic rings. The summed E-state index contributed by atoms with van der Waals surface area (Å²) in [4.78, 5) is 23.4. The van der Waals surface area contributed by atoms with Gasteiger partial charge in [0, 0.05) is 18.7 Å². The smallest absolute Gasteiger partial charge is 0.253 e. The van der Waals surface area contributed by atoms with Crippen LogP contribution in [0.15, 0.2) is 12.2 Å². The van der Waals surface area contributed by atoms with Gasteiger partial charge >= 0.3 is 0 Å². The number of nitrogens with zero attached hydrogens (tertiary/aromatic N) is 1. The van der Waals surface area contributed by atoms with Gasteiger partial charge in [0.25, 0.3) is 11.8 Å². The van der Waals surface area contributed by atoms with Crippen LogP contribution >= 0.6 is 0 Å². The lowest BCUT2D eigenvalue weighted by molar-refractivity contribution is -0.137. The molecule has 1 rings (SSSR count). The SMILES string of the molecule is CCC(C)(O)CCN1C(=O)C=CC1=O. The molecule has 0 aliphatic carbocycles. The van der Waals surface area contributed by atoms with Crippen molar-refractivity contribution in [1.29, 1.82) is 0 Å². The minimum Gasteiger partial charge on any atom is -0.390 e. The Kier molecular flexibility index (Phi) is 3.06. The molecule has 0 fully saturated rings. The van der Waals surface area contributed by atoms with Gasteiger partial charge in [-0.05, 0) is 19.8 Å². The third-order valence-electron chi connectivity index (χ3n) is 2.54. The Morgan fingerprint density at radius 1 is 1.36 bits per heavy atom. The van der Waals surface area contributed by atoms with E-state index in [0.29, 0.717) is 12.8 Å². The van der Waals surface area contributed by atoms with Crippen LogP contribution in [0.3, 0.4) is 0 Å². The van der Waals surface area contributed by atoms with Crippen molar-refractivity contribution in [2.24, 2.45) is 0 Å². The molecular formula is C10H15NO3. The van der Waals surface area contributed by atoms with E-state index in [4.69, 9.17) is 0 Å². The van der Waals surface area contributed by atoms with E-state index >= 15 is 0 Å². The highest BCUT2D eigenvalue weighted by Gasteiger charge is 2.26. The molecule has 1 heterocycles. The van der Waals surface area contributed by atoms with Gasteiger partial charge in [0.1, 0.15) is 0 Å². The van der Waals surface area contributed by atoms with Crippen molar-refractivity contribution in [3.05, 3.63) is 12.2 Å². The first-order chi connectivity index (χ1) is 6.46. The molecular weight excluding hydrogens is 182 g/mol. The molecule has 0 saturated carbocycles. The van der Waals surface area contributed by atoms with Gasteiger partial charge in [0.05, 0.1) is 5.60 Å². The van der Waals surface area contributed by atoms with E-state index in [-0.39, 0.29) is 18.4 Å². The third-order valence-corrected chi connectivity index (χ3v) is 2.54. The zero-order valence-corrected chi connectivity index (χ0v) is 8.49. The Balaban J connectivity index is 2.47. The molecule has 0 spiro atoms. The molecule has 78 valence electrons. The van der Waals surface area contributed by atoms with Crippen molar-refractivity contribution < 1.29 is 14.7 Å². The zero-order valence-electron chi connectivity index (χ0n) is 8.49. The summed E-state index contributed by atoms with van der Waals surface area (Å²) in [7, 11) is 0. The number of rotatable bonds is 4. The fourth-order valence-electron chi connectivity index (χ4n) is 1.18. The Bertz CT molecular complexity index is 263. The molecule has 2 amide bonds. The lowest BCUT2D eigenvalue weighted by Crippen LogP contribution is -2.36. The van der Waals surface area contributed by atoms with Crippen LogP contribution in [0, 0.1) is 0 Å². The summed E-state index contributed by atoms with van der Waals surface area (Å²) in [5.41, 5.74) is -0.802. The normalized spacial score (nSPS) is 20.4. The summed E-state index contributed by atoms with van der Waals surface area (Å²) in [6, 6.07) is 0. The highest BCUT2D eigenvalue weighted by Crippen LogP contribution is 2.15. The maximum Gasteiger partial charge on any atom is 0.253 e. The van der Waals surface area contributed by atoms with Crippen LogP contribution in [0.5, 0.6) is 0 Å². The Morgan fingerprint density at radius 2 is 1.86 bits per heavy atom. The summed E-state index contributed by atoms with van der Waals surface area (Å²) in [5.74, 6) is -0.580. The summed E-state index contributed by atoms with van der Waals surface area (Å²) in [6.07, 6.45) is 3.53. The Labute approximate surface area is 83.2 Å². The van der Waals surface area contributed by atoms with E-state index in [9.17, 15) is 14.7 Å². The first-order valence-electron chi connectivity index (χ1n) is 4.72. The van der Waals surface area contributed by atoms with Crippen molar-refractivity contribution in [3.63, 3.8) is 0 Å². The van der Waals surface area contributed by atoms with Gasteiger partial charge in [-0.2, -0.15) is 0 Å². The molecule has 1 unspecified atom stereocenters. The van der Waals surface area contributed by atoms with Crippen LogP contribution in [0.1, 0.15) is 26.7 Å². The fraction of sp³-hybridized carbons (Fsp3) is 0.600. The lowest BCUT2D eigenvalue weighted by Gasteiger charge is -2.23. The van der Waals surface area contributed by atoms with Gasteiger partial charge in [0.15, 0.2) is 0 Å². The topological polar surface area (TPSA) is 57.6 Å². The summed E-state index contributed by atoms with van der Waals surface area (Å²) in [5, 5.41) is 9.69. The molecule has 0 saturated heterocycles. The molecule has 4 heteroatoms. The minimum absolute atomic E-state index is 0.283. The standard InChI is InChI=1S/C10H15NO3/c1-3-10(2,14)6-7-11-8(12)4-5-9(11)13/h4-5,14H,3,6-7H2,1-2H3. The predicted octanol–water partition coefficient (Wildman–Crippen LogP) is 0.462. The highest BCUT2D eigenvalue weighted by molar-refractivity contribution is 6.12. The van der Waals surface area contributed by atoms with Gasteiger partial charge in [-0.15, -0.1) is 0 Å². The monoisotopic (exact) mass is 197 g/mol. The van der Waals surface area contributed by atoms with Crippen molar-refractivity contribution in [1.82, 2.24) is 4.90 Å². The van der Waals surface area contributed by atoms with Crippen LogP contribution in [-0.4, -0.2) is 34.0 Å². The fourth-order valence-corrected chi connectivity index (χ4v) is 1.18. The van der Waals surface area contributed by atoms with Gasteiger partial charge in [-0.25, -0.2) is 0 Å². The van der Waals surface area contributed by atoms with Gasteiger partial charge in [0.2, 0.25) is 0 Å². The van der Waals surface area contributed by atoms with Crippen LogP contribution < -0.4 is 0 Å². The van der Waals surface area contributed by atoms with Crippen molar-refractivity contribution >= 4 is 11.8 Å². The van der Waals surface area contributed by atoms with Crippen LogP contribution in [0.4, 0.5) is 0 Å². The molecule has 4 nitrogen and oxygen atoms in total. The van der Waals surface area contributed by atoms with E-state index in [1.54, 1.807) is 6.92 Å². The lowest BCUT2D eigenvalue weighted by atomic mass is 9.99. The molecule has 0 aromatic carbocycles. The van der Waals surface area contributed by atoms with E-state index in [1.165, 1.54) is 12.2 Å². The number of hydrogen-bond acceptors (Lipinski definition) is 3. The number of amides is 2. The Hall–Kier alpha value is -1.16. The molecule has 14 heavy (non-hydrogen) atoms. The van der Waals surface area contributed by atoms with Crippen LogP contribution in [-0.2, 0) is 9.59 Å². The van der Waals surface area contributed by atoms with E-state index in [1.807, 2.05) is 6.92 Å². The van der Waals surface area contributed by atoms with Crippen LogP contribution in [0.2, 0.25) is 0 Å². The average Bonchev–Trinajstić information content (AvgIpc) is 2.44. The number of imide groups is 1. The quantitative estimate of drug-likeness (QED) is 0.666. The van der Waals surface area contributed by atoms with E-state index in [2.05, 4.69) is 0 Å². The number of aliphatic hydroxyl groups is 1. The summed E-state index contributed by atoms with van der Waals surface area (Å²) < 4.78 is 0. The van der Waals surface area contributed by atoms with Crippen LogP contribution in [0.25, 0.3) is 0 Å². The molecule has 0 bridgehead atoms. The highest BCUT2D eigenvalue weighted by atomic mass is 16.3. The van der Waals surface area contributed by atoms with Crippen molar-refractivity contribution in [2.75, 3.05) is 6.54 Å². The first kappa shape index (κ1) is 10.9. The number of hydrogen-bond donors (Lipinski definition) is 1. The number of carbonyl (C=O) groups excluding carboxylic acids is 2. The van der Waals surface area contributed by atoms with Gasteiger partial charge < -0.3 is 5.11 Å². The summed E-state index contributed by atoms with van der Waals surface area (Å²) in [6.45, 7) is 3.85. The second kappa shape index (κ2) is 3.92. The molecule has 0 aromatic heterocycles. The molecule has 1 aliphatic heterocycles. The third kappa shape index (κ3) is 2.42. The largest absolute Gasteiger partial charge is 0.390 e. The molecule has 0 radical (unpaired) electrons. The van der Waals surface area contributed by atoms with Crippen molar-refractivity contribution in [3.8, 4) is 0 Å². The summed E-state index contributed by atoms with van der Waals surface area (Å²) >= 11 is 0. The number of carbonyl (C=O) groups is 2. The minimum atomic E-state index is -0.802. The molecule has 1 N–H and O–H groups in total.